The van der Waals surface area contributed by atoms with Gasteiger partial charge in [-0.3, -0.25) is 0 Å². The minimum Gasteiger partial charge on any atom is -0.489 e. The molecule has 0 fully saturated rings. The zero-order valence-electron chi connectivity index (χ0n) is 18.0. The first-order valence-electron chi connectivity index (χ1n) is 10.2. The summed E-state index contributed by atoms with van der Waals surface area (Å²) in [6.07, 6.45) is -3.40. The summed E-state index contributed by atoms with van der Waals surface area (Å²) in [6.45, 7) is 0.558. The lowest BCUT2D eigenvalue weighted by Crippen LogP contribution is -2.27. The lowest BCUT2D eigenvalue weighted by atomic mass is 10.0. The molecule has 0 saturated heterocycles. The molecule has 0 saturated carbocycles. The molecular formula is C25H25NO7. The summed E-state index contributed by atoms with van der Waals surface area (Å²) < 4.78 is 11.6. The van der Waals surface area contributed by atoms with Crippen molar-refractivity contribution < 1.29 is 34.4 Å². The van der Waals surface area contributed by atoms with Gasteiger partial charge in [0.25, 0.3) is 0 Å². The van der Waals surface area contributed by atoms with E-state index in [1.54, 1.807) is 12.1 Å². The average Bonchev–Trinajstić information content (AvgIpc) is 2.85. The van der Waals surface area contributed by atoms with Gasteiger partial charge >= 0.3 is 5.97 Å². The number of ether oxygens (including phenoxy) is 2. The number of nitrogens with zero attached hydrogens (tertiary/aromatic N) is 1. The summed E-state index contributed by atoms with van der Waals surface area (Å²) in [5.41, 5.74) is 2.79. The van der Waals surface area contributed by atoms with E-state index >= 15 is 0 Å². The molecule has 0 heterocycles. The van der Waals surface area contributed by atoms with E-state index in [1.165, 1.54) is 19.2 Å². The van der Waals surface area contributed by atoms with Crippen LogP contribution in [0.5, 0.6) is 11.5 Å². The van der Waals surface area contributed by atoms with Gasteiger partial charge in [0, 0.05) is 5.56 Å². The highest BCUT2D eigenvalue weighted by Crippen LogP contribution is 2.22. The second kappa shape index (κ2) is 11.7. The molecule has 0 spiro atoms. The summed E-state index contributed by atoms with van der Waals surface area (Å²) >= 11 is 0. The number of hydrogen-bond acceptors (Lipinski definition) is 7. The fourth-order valence-corrected chi connectivity index (χ4v) is 2.98. The molecular weight excluding hydrogens is 426 g/mol. The molecule has 172 valence electrons. The number of hydrogen-bond donors (Lipinski definition) is 3. The first-order chi connectivity index (χ1) is 16.0. The van der Waals surface area contributed by atoms with Crippen molar-refractivity contribution in [1.29, 1.82) is 0 Å². The van der Waals surface area contributed by atoms with Crippen LogP contribution in [0.1, 0.15) is 22.8 Å². The number of oxime groups is 1. The van der Waals surface area contributed by atoms with Crippen molar-refractivity contribution in [3.63, 3.8) is 0 Å². The van der Waals surface area contributed by atoms with Crippen LogP contribution in [0.25, 0.3) is 0 Å². The maximum absolute atomic E-state index is 10.8. The number of aliphatic hydroxyl groups excluding tert-OH is 2. The van der Waals surface area contributed by atoms with E-state index < -0.39 is 18.2 Å². The van der Waals surface area contributed by atoms with Gasteiger partial charge in [0.05, 0.1) is 0 Å². The molecule has 0 radical (unpaired) electrons. The molecule has 2 unspecified atom stereocenters. The largest absolute Gasteiger partial charge is 0.489 e. The highest BCUT2D eigenvalue weighted by atomic mass is 16.6. The van der Waals surface area contributed by atoms with E-state index in [0.717, 1.165) is 11.1 Å². The highest BCUT2D eigenvalue weighted by molar-refractivity contribution is 6.01. The van der Waals surface area contributed by atoms with Crippen molar-refractivity contribution in [3.8, 4) is 11.5 Å². The van der Waals surface area contributed by atoms with Crippen molar-refractivity contribution >= 4 is 11.7 Å². The van der Waals surface area contributed by atoms with Crippen LogP contribution >= 0.6 is 0 Å². The van der Waals surface area contributed by atoms with Crippen molar-refractivity contribution in [3.05, 3.63) is 95.6 Å². The second-order valence-electron chi connectivity index (χ2n) is 7.10. The molecule has 33 heavy (non-hydrogen) atoms. The Morgan fingerprint density at radius 2 is 1.48 bits per heavy atom. The molecule has 0 aromatic heterocycles. The zero-order chi connectivity index (χ0) is 23.6. The maximum atomic E-state index is 10.8. The van der Waals surface area contributed by atoms with Crippen LogP contribution in [-0.2, 0) is 16.2 Å². The number of benzene rings is 3. The van der Waals surface area contributed by atoms with E-state index in [-0.39, 0.29) is 12.2 Å². The number of aliphatic carboxylic acids is 1. The Kier molecular flexibility index (Phi) is 8.40. The Hall–Kier alpha value is -3.88. The summed E-state index contributed by atoms with van der Waals surface area (Å²) in [5.74, 6) is -0.272. The van der Waals surface area contributed by atoms with Crippen LogP contribution < -0.4 is 9.47 Å². The number of rotatable bonds is 11. The SMILES string of the molecule is CO/N=C(\COc1ccc(COc2ccc(C(O)C(O)C(=O)O)cc2)cc1)c1ccccc1. The van der Waals surface area contributed by atoms with E-state index in [0.29, 0.717) is 23.8 Å². The number of carbonyl (C=O) groups is 1. The fraction of sp³-hybridized carbons (Fsp3) is 0.200. The van der Waals surface area contributed by atoms with Crippen LogP contribution in [0.4, 0.5) is 0 Å². The van der Waals surface area contributed by atoms with E-state index in [2.05, 4.69) is 5.16 Å². The molecule has 2 atom stereocenters. The Morgan fingerprint density at radius 1 is 0.879 bits per heavy atom. The number of carboxylic acids is 1. The molecule has 0 aliphatic heterocycles. The Bertz CT molecular complexity index is 1050. The summed E-state index contributed by atoms with van der Waals surface area (Å²) in [5, 5.41) is 32.1. The van der Waals surface area contributed by atoms with Crippen LogP contribution in [-0.4, -0.2) is 46.8 Å². The summed E-state index contributed by atoms with van der Waals surface area (Å²) in [7, 11) is 1.49. The monoisotopic (exact) mass is 451 g/mol. The smallest absolute Gasteiger partial charge is 0.335 e. The van der Waals surface area contributed by atoms with Crippen LogP contribution in [0.15, 0.2) is 84.0 Å². The van der Waals surface area contributed by atoms with Crippen LogP contribution in [0.3, 0.4) is 0 Å². The Balaban J connectivity index is 1.52. The third-order valence-corrected chi connectivity index (χ3v) is 4.79. The first-order valence-corrected chi connectivity index (χ1v) is 10.2. The number of aliphatic hydroxyl groups is 2. The van der Waals surface area contributed by atoms with Gasteiger partial charge in [-0.2, -0.15) is 0 Å². The highest BCUT2D eigenvalue weighted by Gasteiger charge is 2.24. The topological polar surface area (TPSA) is 118 Å². The molecule has 0 aliphatic carbocycles. The van der Waals surface area contributed by atoms with Crippen molar-refractivity contribution in [2.24, 2.45) is 5.16 Å². The third kappa shape index (κ3) is 6.80. The van der Waals surface area contributed by atoms with Gasteiger partial charge in [0.2, 0.25) is 0 Å². The van der Waals surface area contributed by atoms with Crippen LogP contribution in [0.2, 0.25) is 0 Å². The van der Waals surface area contributed by atoms with Gasteiger partial charge in [-0.05, 0) is 35.4 Å². The standard InChI is InChI=1S/C25H25NO7/c1-31-26-22(18-5-3-2-4-6-18)16-33-20-11-7-17(8-12-20)15-32-21-13-9-19(10-14-21)23(27)24(28)25(29)30/h2-14,23-24,27-28H,15-16H2,1H3,(H,29,30)/b26-22+. The second-order valence-corrected chi connectivity index (χ2v) is 7.10. The lowest BCUT2D eigenvalue weighted by molar-refractivity contribution is -0.153. The predicted molar refractivity (Wildman–Crippen MR) is 121 cm³/mol. The van der Waals surface area contributed by atoms with Gasteiger partial charge in [-0.25, -0.2) is 4.79 Å². The van der Waals surface area contributed by atoms with Gasteiger partial charge in [0.15, 0.2) is 6.10 Å². The molecule has 3 aromatic carbocycles. The maximum Gasteiger partial charge on any atom is 0.335 e. The van der Waals surface area contributed by atoms with Gasteiger partial charge in [0.1, 0.15) is 43.6 Å². The quantitative estimate of drug-likeness (QED) is 0.303. The molecule has 8 heteroatoms. The third-order valence-electron chi connectivity index (χ3n) is 4.79. The molecule has 8 nitrogen and oxygen atoms in total. The zero-order valence-corrected chi connectivity index (χ0v) is 18.0. The minimum absolute atomic E-state index is 0.252. The predicted octanol–water partition coefficient (Wildman–Crippen LogP) is 3.17. The average molecular weight is 451 g/mol. The van der Waals surface area contributed by atoms with Gasteiger partial charge < -0.3 is 29.6 Å². The van der Waals surface area contributed by atoms with Gasteiger partial charge in [-0.1, -0.05) is 59.8 Å². The van der Waals surface area contributed by atoms with Crippen LogP contribution in [0, 0.1) is 0 Å². The molecule has 3 N–H and O–H groups in total. The van der Waals surface area contributed by atoms with Crippen molar-refractivity contribution in [1.82, 2.24) is 0 Å². The molecule has 3 rings (SSSR count). The summed E-state index contributed by atoms with van der Waals surface area (Å²) in [4.78, 5) is 15.7. The van der Waals surface area contributed by atoms with Crippen molar-refractivity contribution in [2.75, 3.05) is 13.7 Å². The van der Waals surface area contributed by atoms with E-state index in [9.17, 15) is 15.0 Å². The Labute approximate surface area is 191 Å². The van der Waals surface area contributed by atoms with Crippen molar-refractivity contribution in [2.45, 2.75) is 18.8 Å². The number of carboxylic acid groups (broad SMARTS) is 1. The Morgan fingerprint density at radius 3 is 2.09 bits per heavy atom. The van der Waals surface area contributed by atoms with E-state index in [4.69, 9.17) is 19.4 Å². The molecule has 0 aliphatic rings. The minimum atomic E-state index is -1.89. The van der Waals surface area contributed by atoms with Gasteiger partial charge in [-0.15, -0.1) is 0 Å². The molecule has 3 aromatic rings. The molecule has 0 bridgehead atoms. The molecule has 0 amide bonds. The summed E-state index contributed by atoms with van der Waals surface area (Å²) in [6, 6.07) is 23.3. The normalized spacial score (nSPS) is 13.1. The van der Waals surface area contributed by atoms with E-state index in [1.807, 2.05) is 54.6 Å². The fourth-order valence-electron chi connectivity index (χ4n) is 2.98. The lowest BCUT2D eigenvalue weighted by Gasteiger charge is -2.15. The first kappa shape index (κ1) is 23.8.